The van der Waals surface area contributed by atoms with Crippen LogP contribution in [0.1, 0.15) is 23.2 Å². The van der Waals surface area contributed by atoms with Crippen molar-refractivity contribution >= 4 is 34.8 Å². The summed E-state index contributed by atoms with van der Waals surface area (Å²) >= 11 is 5.99. The molecule has 2 aromatic carbocycles. The predicted octanol–water partition coefficient (Wildman–Crippen LogP) is 3.74. The van der Waals surface area contributed by atoms with Crippen molar-refractivity contribution in [1.29, 1.82) is 0 Å². The summed E-state index contributed by atoms with van der Waals surface area (Å²) in [5, 5.41) is 3.26. The molecule has 0 bridgehead atoms. The molecule has 1 saturated heterocycles. The molecule has 2 amide bonds. The summed E-state index contributed by atoms with van der Waals surface area (Å²) in [6.45, 7) is 0.634. The van der Waals surface area contributed by atoms with Crippen LogP contribution in [0.2, 0.25) is 5.02 Å². The third kappa shape index (κ3) is 3.60. The highest BCUT2D eigenvalue weighted by Crippen LogP contribution is 2.34. The fraction of sp³-hybridized carbons (Fsp3) is 0.263. The van der Waals surface area contributed by atoms with Crippen molar-refractivity contribution in [1.82, 2.24) is 0 Å². The van der Waals surface area contributed by atoms with E-state index < -0.39 is 0 Å². The number of carbonyl (C=O) groups is 2. The SMILES string of the molecule is COc1ccc(Cl)cc1C(=O)Nc1ccc(OC)c(N2CCCC2=O)c1. The van der Waals surface area contributed by atoms with Crippen LogP contribution in [0.4, 0.5) is 11.4 Å². The number of methoxy groups -OCH3 is 2. The topological polar surface area (TPSA) is 67.9 Å². The summed E-state index contributed by atoms with van der Waals surface area (Å²) in [4.78, 5) is 26.4. The Balaban J connectivity index is 1.89. The second-order valence-electron chi connectivity index (χ2n) is 5.83. The van der Waals surface area contributed by atoms with Gasteiger partial charge in [-0.2, -0.15) is 0 Å². The molecule has 0 aromatic heterocycles. The lowest BCUT2D eigenvalue weighted by molar-refractivity contribution is -0.117. The third-order valence-corrected chi connectivity index (χ3v) is 4.44. The summed E-state index contributed by atoms with van der Waals surface area (Å²) in [5.41, 5.74) is 1.52. The van der Waals surface area contributed by atoms with Gasteiger partial charge in [0.1, 0.15) is 11.5 Å². The van der Waals surface area contributed by atoms with E-state index in [9.17, 15) is 9.59 Å². The minimum atomic E-state index is -0.354. The molecule has 1 N–H and O–H groups in total. The first-order valence-corrected chi connectivity index (χ1v) is 8.54. The number of hydrogen-bond acceptors (Lipinski definition) is 4. The maximum atomic E-state index is 12.6. The first kappa shape index (κ1) is 18.1. The van der Waals surface area contributed by atoms with Gasteiger partial charge in [0, 0.05) is 23.7 Å². The summed E-state index contributed by atoms with van der Waals surface area (Å²) in [6, 6.07) is 10.0. The summed E-state index contributed by atoms with van der Waals surface area (Å²) in [7, 11) is 3.04. The van der Waals surface area contributed by atoms with Gasteiger partial charge in [-0.1, -0.05) is 11.6 Å². The van der Waals surface area contributed by atoms with Gasteiger partial charge in [0.15, 0.2) is 0 Å². The number of anilines is 2. The highest BCUT2D eigenvalue weighted by Gasteiger charge is 2.25. The molecule has 3 rings (SSSR count). The standard InChI is InChI=1S/C19H19ClN2O4/c1-25-16-7-5-12(20)10-14(16)19(24)21-13-6-8-17(26-2)15(11-13)22-9-3-4-18(22)23/h5-8,10-11H,3-4,9H2,1-2H3,(H,21,24). The second kappa shape index (κ2) is 7.66. The lowest BCUT2D eigenvalue weighted by Crippen LogP contribution is -2.24. The molecule has 2 aromatic rings. The Labute approximate surface area is 156 Å². The molecule has 0 unspecified atom stereocenters. The predicted molar refractivity (Wildman–Crippen MR) is 101 cm³/mol. The lowest BCUT2D eigenvalue weighted by atomic mass is 10.1. The van der Waals surface area contributed by atoms with Crippen molar-refractivity contribution < 1.29 is 19.1 Å². The summed E-state index contributed by atoms with van der Waals surface area (Å²) in [6.07, 6.45) is 1.32. The monoisotopic (exact) mass is 374 g/mol. The number of nitrogens with zero attached hydrogens (tertiary/aromatic N) is 1. The Morgan fingerprint density at radius 1 is 1.12 bits per heavy atom. The molecule has 1 aliphatic rings. The largest absolute Gasteiger partial charge is 0.496 e. The normalized spacial score (nSPS) is 13.7. The molecular weight excluding hydrogens is 356 g/mol. The Hall–Kier alpha value is -2.73. The molecular formula is C19H19ClN2O4. The van der Waals surface area contributed by atoms with Gasteiger partial charge in [-0.3, -0.25) is 9.59 Å². The van der Waals surface area contributed by atoms with E-state index in [4.69, 9.17) is 21.1 Å². The molecule has 1 aliphatic heterocycles. The Kier molecular flexibility index (Phi) is 5.32. The van der Waals surface area contributed by atoms with Crippen molar-refractivity contribution in [3.63, 3.8) is 0 Å². The van der Waals surface area contributed by atoms with Crippen LogP contribution < -0.4 is 19.7 Å². The van der Waals surface area contributed by atoms with E-state index in [0.29, 0.717) is 46.4 Å². The first-order chi connectivity index (χ1) is 12.5. The number of benzene rings is 2. The Morgan fingerprint density at radius 3 is 2.50 bits per heavy atom. The van der Waals surface area contributed by atoms with Crippen LogP contribution >= 0.6 is 11.6 Å². The molecule has 0 radical (unpaired) electrons. The van der Waals surface area contributed by atoms with E-state index in [0.717, 1.165) is 6.42 Å². The van der Waals surface area contributed by atoms with Crippen LogP contribution in [0, 0.1) is 0 Å². The van der Waals surface area contributed by atoms with Gasteiger partial charge in [0.2, 0.25) is 5.91 Å². The maximum Gasteiger partial charge on any atom is 0.259 e. The van der Waals surface area contributed by atoms with Gasteiger partial charge in [-0.05, 0) is 42.8 Å². The molecule has 26 heavy (non-hydrogen) atoms. The molecule has 1 fully saturated rings. The molecule has 0 atom stereocenters. The Morgan fingerprint density at radius 2 is 1.85 bits per heavy atom. The van der Waals surface area contributed by atoms with E-state index in [1.54, 1.807) is 48.4 Å². The molecule has 6 nitrogen and oxygen atoms in total. The van der Waals surface area contributed by atoms with E-state index >= 15 is 0 Å². The maximum absolute atomic E-state index is 12.6. The smallest absolute Gasteiger partial charge is 0.259 e. The van der Waals surface area contributed by atoms with Crippen molar-refractivity contribution in [3.8, 4) is 11.5 Å². The van der Waals surface area contributed by atoms with Gasteiger partial charge in [-0.25, -0.2) is 0 Å². The van der Waals surface area contributed by atoms with E-state index in [1.165, 1.54) is 7.11 Å². The highest BCUT2D eigenvalue weighted by molar-refractivity contribution is 6.31. The Bertz CT molecular complexity index is 853. The number of ether oxygens (including phenoxy) is 2. The van der Waals surface area contributed by atoms with Crippen molar-refractivity contribution in [3.05, 3.63) is 47.0 Å². The van der Waals surface area contributed by atoms with Crippen LogP contribution in [0.5, 0.6) is 11.5 Å². The van der Waals surface area contributed by atoms with Gasteiger partial charge >= 0.3 is 0 Å². The van der Waals surface area contributed by atoms with Gasteiger partial charge in [0.05, 0.1) is 25.5 Å². The lowest BCUT2D eigenvalue weighted by Gasteiger charge is -2.20. The fourth-order valence-corrected chi connectivity index (χ4v) is 3.11. The molecule has 0 spiro atoms. The molecule has 0 saturated carbocycles. The number of halogens is 1. The number of hydrogen-bond donors (Lipinski definition) is 1. The number of rotatable bonds is 5. The van der Waals surface area contributed by atoms with Gasteiger partial charge in [0.25, 0.3) is 5.91 Å². The van der Waals surface area contributed by atoms with Crippen LogP contribution in [0.3, 0.4) is 0 Å². The van der Waals surface area contributed by atoms with Gasteiger partial charge < -0.3 is 19.7 Å². The minimum Gasteiger partial charge on any atom is -0.496 e. The highest BCUT2D eigenvalue weighted by atomic mass is 35.5. The van der Waals surface area contributed by atoms with E-state index in [-0.39, 0.29) is 11.8 Å². The summed E-state index contributed by atoms with van der Waals surface area (Å²) in [5.74, 6) is 0.699. The van der Waals surface area contributed by atoms with Crippen LogP contribution in [-0.2, 0) is 4.79 Å². The summed E-state index contributed by atoms with van der Waals surface area (Å²) < 4.78 is 10.6. The fourth-order valence-electron chi connectivity index (χ4n) is 2.94. The van der Waals surface area contributed by atoms with Crippen molar-refractivity contribution in [2.75, 3.05) is 31.0 Å². The first-order valence-electron chi connectivity index (χ1n) is 8.17. The third-order valence-electron chi connectivity index (χ3n) is 4.21. The number of nitrogens with one attached hydrogen (secondary N) is 1. The molecule has 0 aliphatic carbocycles. The van der Waals surface area contributed by atoms with E-state index in [1.807, 2.05) is 0 Å². The second-order valence-corrected chi connectivity index (χ2v) is 6.27. The quantitative estimate of drug-likeness (QED) is 0.865. The molecule has 136 valence electrons. The average molecular weight is 375 g/mol. The minimum absolute atomic E-state index is 0.0447. The molecule has 1 heterocycles. The van der Waals surface area contributed by atoms with Crippen LogP contribution in [-0.4, -0.2) is 32.6 Å². The zero-order valence-corrected chi connectivity index (χ0v) is 15.3. The van der Waals surface area contributed by atoms with Crippen LogP contribution in [0.25, 0.3) is 0 Å². The average Bonchev–Trinajstić information content (AvgIpc) is 3.07. The number of amides is 2. The van der Waals surface area contributed by atoms with Gasteiger partial charge in [-0.15, -0.1) is 0 Å². The molecule has 7 heteroatoms. The van der Waals surface area contributed by atoms with Crippen molar-refractivity contribution in [2.24, 2.45) is 0 Å². The zero-order valence-electron chi connectivity index (χ0n) is 14.5. The zero-order chi connectivity index (χ0) is 18.7. The number of carbonyl (C=O) groups excluding carboxylic acids is 2. The van der Waals surface area contributed by atoms with Crippen molar-refractivity contribution in [2.45, 2.75) is 12.8 Å². The van der Waals surface area contributed by atoms with Crippen LogP contribution in [0.15, 0.2) is 36.4 Å². The van der Waals surface area contributed by atoms with E-state index in [2.05, 4.69) is 5.32 Å².